The summed E-state index contributed by atoms with van der Waals surface area (Å²) in [6.07, 6.45) is 0. The summed E-state index contributed by atoms with van der Waals surface area (Å²) in [6, 6.07) is 13.8. The van der Waals surface area contributed by atoms with Gasteiger partial charge in [0.2, 0.25) is 5.91 Å². The van der Waals surface area contributed by atoms with E-state index in [4.69, 9.17) is 4.74 Å². The van der Waals surface area contributed by atoms with Crippen LogP contribution in [0.25, 0.3) is 0 Å². The Morgan fingerprint density at radius 3 is 2.81 bits per heavy atom. The van der Waals surface area contributed by atoms with E-state index in [-0.39, 0.29) is 23.7 Å². The molecule has 2 atom stereocenters. The van der Waals surface area contributed by atoms with Crippen LogP contribution in [0.4, 0.5) is 4.39 Å². The first-order chi connectivity index (χ1) is 12.6. The maximum Gasteiger partial charge on any atom is 0.229 e. The van der Waals surface area contributed by atoms with Crippen molar-refractivity contribution >= 4 is 5.91 Å². The first kappa shape index (κ1) is 18.4. The van der Waals surface area contributed by atoms with E-state index in [1.54, 1.807) is 13.2 Å². The van der Waals surface area contributed by atoms with Crippen molar-refractivity contribution in [1.82, 2.24) is 15.8 Å². The lowest BCUT2D eigenvalue weighted by Crippen LogP contribution is -2.38. The number of nitrogens with one attached hydrogen (secondary N) is 2. The molecule has 0 aromatic heterocycles. The highest BCUT2D eigenvalue weighted by molar-refractivity contribution is 5.80. The average molecular weight is 357 g/mol. The number of ether oxygens (including phenoxy) is 1. The molecule has 0 radical (unpaired) electrons. The van der Waals surface area contributed by atoms with Crippen LogP contribution in [0.15, 0.2) is 48.5 Å². The van der Waals surface area contributed by atoms with Gasteiger partial charge < -0.3 is 9.64 Å². The number of carbonyl (C=O) groups is 1. The van der Waals surface area contributed by atoms with Gasteiger partial charge in [-0.15, -0.1) is 0 Å². The zero-order valence-electron chi connectivity index (χ0n) is 15.0. The molecule has 0 bridgehead atoms. The van der Waals surface area contributed by atoms with Crippen molar-refractivity contribution in [2.24, 2.45) is 5.92 Å². The van der Waals surface area contributed by atoms with Gasteiger partial charge in [-0.2, -0.15) is 0 Å². The Morgan fingerprint density at radius 2 is 2.08 bits per heavy atom. The molecule has 1 fully saturated rings. The number of hydrogen-bond donors (Lipinski definition) is 2. The highest BCUT2D eigenvalue weighted by Crippen LogP contribution is 2.28. The minimum atomic E-state index is -0.302. The summed E-state index contributed by atoms with van der Waals surface area (Å²) < 4.78 is 19.0. The minimum absolute atomic E-state index is 0.0326. The van der Waals surface area contributed by atoms with Crippen LogP contribution in [0.5, 0.6) is 5.75 Å². The number of amides is 1. The summed E-state index contributed by atoms with van der Waals surface area (Å²) in [5, 5.41) is 0. The van der Waals surface area contributed by atoms with E-state index < -0.39 is 0 Å². The highest BCUT2D eigenvalue weighted by Gasteiger charge is 2.36. The van der Waals surface area contributed by atoms with E-state index in [0.717, 1.165) is 16.9 Å². The summed E-state index contributed by atoms with van der Waals surface area (Å²) in [7, 11) is 1.63. The third kappa shape index (κ3) is 3.86. The zero-order valence-corrected chi connectivity index (χ0v) is 15.0. The molecule has 26 heavy (non-hydrogen) atoms. The Labute approximate surface area is 153 Å². The second-order valence-corrected chi connectivity index (χ2v) is 6.33. The second kappa shape index (κ2) is 8.29. The molecule has 1 aliphatic rings. The molecule has 1 aliphatic heterocycles. The van der Waals surface area contributed by atoms with Crippen LogP contribution in [0, 0.1) is 11.7 Å². The van der Waals surface area contributed by atoms with Gasteiger partial charge in [-0.3, -0.25) is 10.2 Å². The number of carbonyl (C=O) groups excluding carboxylic acids is 1. The number of hydrogen-bond acceptors (Lipinski definition) is 4. The summed E-state index contributed by atoms with van der Waals surface area (Å²) >= 11 is 0. The van der Waals surface area contributed by atoms with Crippen LogP contribution in [-0.2, 0) is 11.3 Å². The third-order valence-electron chi connectivity index (χ3n) is 4.75. The highest BCUT2D eigenvalue weighted by atomic mass is 19.1. The zero-order chi connectivity index (χ0) is 18.5. The summed E-state index contributed by atoms with van der Waals surface area (Å²) in [5.41, 5.74) is 7.88. The van der Waals surface area contributed by atoms with Gasteiger partial charge in [0.15, 0.2) is 0 Å². The van der Waals surface area contributed by atoms with Gasteiger partial charge in [0, 0.05) is 25.2 Å². The van der Waals surface area contributed by atoms with Crippen molar-refractivity contribution < 1.29 is 13.9 Å². The van der Waals surface area contributed by atoms with E-state index in [0.29, 0.717) is 19.6 Å². The van der Waals surface area contributed by atoms with Crippen LogP contribution >= 0.6 is 0 Å². The molecule has 1 saturated heterocycles. The van der Waals surface area contributed by atoms with Crippen LogP contribution in [0.3, 0.4) is 0 Å². The van der Waals surface area contributed by atoms with E-state index in [1.807, 2.05) is 42.2 Å². The molecular formula is C20H24FN3O2. The fourth-order valence-corrected chi connectivity index (χ4v) is 3.36. The van der Waals surface area contributed by atoms with Crippen molar-refractivity contribution in [2.45, 2.75) is 19.5 Å². The maximum absolute atomic E-state index is 13.6. The number of hydrazine groups is 1. The van der Waals surface area contributed by atoms with Gasteiger partial charge in [-0.25, -0.2) is 9.82 Å². The second-order valence-electron chi connectivity index (χ2n) is 6.33. The molecule has 2 N–H and O–H groups in total. The van der Waals surface area contributed by atoms with Crippen LogP contribution < -0.4 is 15.6 Å². The van der Waals surface area contributed by atoms with E-state index >= 15 is 0 Å². The molecule has 1 heterocycles. The summed E-state index contributed by atoms with van der Waals surface area (Å²) in [4.78, 5) is 15.0. The lowest BCUT2D eigenvalue weighted by atomic mass is 9.93. The number of rotatable bonds is 6. The molecule has 2 aromatic rings. The molecule has 6 heteroatoms. The Morgan fingerprint density at radius 1 is 1.27 bits per heavy atom. The molecule has 0 spiro atoms. The lowest BCUT2D eigenvalue weighted by Gasteiger charge is -2.27. The molecule has 1 amide bonds. The monoisotopic (exact) mass is 357 g/mol. The summed E-state index contributed by atoms with van der Waals surface area (Å²) in [5.74, 6) is 0.198. The van der Waals surface area contributed by atoms with Gasteiger partial charge in [0.1, 0.15) is 11.6 Å². The smallest absolute Gasteiger partial charge is 0.229 e. The van der Waals surface area contributed by atoms with Crippen molar-refractivity contribution in [3.05, 3.63) is 65.5 Å². The van der Waals surface area contributed by atoms with Gasteiger partial charge in [-0.1, -0.05) is 30.3 Å². The van der Waals surface area contributed by atoms with Gasteiger partial charge in [-0.05, 0) is 30.7 Å². The lowest BCUT2D eigenvalue weighted by molar-refractivity contribution is -0.135. The number of halogens is 1. The van der Waals surface area contributed by atoms with Crippen molar-refractivity contribution in [3.8, 4) is 5.75 Å². The quantitative estimate of drug-likeness (QED) is 0.835. The number of para-hydroxylation sites is 1. The first-order valence-electron chi connectivity index (χ1n) is 8.78. The molecule has 2 aromatic carbocycles. The molecule has 138 valence electrons. The Bertz CT molecular complexity index is 768. The van der Waals surface area contributed by atoms with Crippen molar-refractivity contribution in [1.29, 1.82) is 0 Å². The van der Waals surface area contributed by atoms with E-state index in [9.17, 15) is 9.18 Å². The third-order valence-corrected chi connectivity index (χ3v) is 4.75. The number of benzene rings is 2. The Balaban J connectivity index is 1.79. The fraction of sp³-hybridized carbons (Fsp3) is 0.350. The largest absolute Gasteiger partial charge is 0.496 e. The van der Waals surface area contributed by atoms with Crippen molar-refractivity contribution in [3.63, 3.8) is 0 Å². The van der Waals surface area contributed by atoms with E-state index in [2.05, 4.69) is 10.9 Å². The summed E-state index contributed by atoms with van der Waals surface area (Å²) in [6.45, 7) is 3.53. The average Bonchev–Trinajstić information content (AvgIpc) is 3.15. The van der Waals surface area contributed by atoms with Crippen molar-refractivity contribution in [2.75, 3.05) is 20.2 Å². The Hall–Kier alpha value is -2.44. The predicted octanol–water partition coefficient (Wildman–Crippen LogP) is 2.65. The van der Waals surface area contributed by atoms with Gasteiger partial charge >= 0.3 is 0 Å². The van der Waals surface area contributed by atoms with Crippen LogP contribution in [0.1, 0.15) is 24.1 Å². The van der Waals surface area contributed by atoms with E-state index in [1.165, 1.54) is 12.1 Å². The standard InChI is InChI=1S/C20H24FN3O2/c1-3-24(13-15-7-4-5-10-18(15)26-2)20(25)17-12-22-23-19(17)14-8-6-9-16(21)11-14/h4-11,17,19,22-23H,3,12-13H2,1-2H3. The maximum atomic E-state index is 13.6. The fourth-order valence-electron chi connectivity index (χ4n) is 3.36. The van der Waals surface area contributed by atoms with Gasteiger partial charge in [0.25, 0.3) is 0 Å². The molecule has 2 unspecified atom stereocenters. The first-order valence-corrected chi connectivity index (χ1v) is 8.78. The Kier molecular flexibility index (Phi) is 5.85. The topological polar surface area (TPSA) is 53.6 Å². The molecule has 3 rings (SSSR count). The number of methoxy groups -OCH3 is 1. The molecule has 0 saturated carbocycles. The molecule has 0 aliphatic carbocycles. The minimum Gasteiger partial charge on any atom is -0.496 e. The number of nitrogens with zero attached hydrogens (tertiary/aromatic N) is 1. The van der Waals surface area contributed by atoms with Crippen LogP contribution in [-0.4, -0.2) is 31.0 Å². The molecular weight excluding hydrogens is 333 g/mol. The normalized spacial score (nSPS) is 19.3. The SMILES string of the molecule is CCN(Cc1ccccc1OC)C(=O)C1CNNC1c1cccc(F)c1. The molecule has 5 nitrogen and oxygen atoms in total. The van der Waals surface area contributed by atoms with Crippen LogP contribution in [0.2, 0.25) is 0 Å². The van der Waals surface area contributed by atoms with Gasteiger partial charge in [0.05, 0.1) is 19.1 Å². The predicted molar refractivity (Wildman–Crippen MR) is 97.9 cm³/mol.